The number of likely N-dealkylation sites (N-methyl/N-ethyl adjacent to an activating group) is 1. The third-order valence-corrected chi connectivity index (χ3v) is 8.95. The molecule has 1 aromatic heterocycles. The van der Waals surface area contributed by atoms with Crippen LogP contribution in [0.4, 0.5) is 5.69 Å². The number of rotatable bonds is 5. The Morgan fingerprint density at radius 2 is 1.86 bits per heavy atom. The Morgan fingerprint density at radius 3 is 2.57 bits per heavy atom. The van der Waals surface area contributed by atoms with Gasteiger partial charge in [0.15, 0.2) is 4.80 Å². The predicted octanol–water partition coefficient (Wildman–Crippen LogP) is 4.71. The summed E-state index contributed by atoms with van der Waals surface area (Å²) in [7, 11) is 3.18. The number of thiazole rings is 1. The zero-order chi connectivity index (χ0) is 29.7. The average Bonchev–Trinajstić information content (AvgIpc) is 3.43. The summed E-state index contributed by atoms with van der Waals surface area (Å²) in [5, 5.41) is 0.392. The van der Waals surface area contributed by atoms with E-state index in [1.54, 1.807) is 32.2 Å². The summed E-state index contributed by atoms with van der Waals surface area (Å²) >= 11 is 11.1. The minimum absolute atomic E-state index is 0.116. The van der Waals surface area contributed by atoms with Gasteiger partial charge in [-0.1, -0.05) is 69.2 Å². The molecule has 1 atom stereocenters. The fraction of sp³-hybridized carbons (Fsp3) is 0.161. The number of halogens is 2. The molecule has 0 unspecified atom stereocenters. The van der Waals surface area contributed by atoms with E-state index < -0.39 is 17.6 Å². The van der Waals surface area contributed by atoms with E-state index in [2.05, 4.69) is 15.9 Å². The Morgan fingerprint density at radius 1 is 1.10 bits per heavy atom. The van der Waals surface area contributed by atoms with Crippen LogP contribution in [-0.2, 0) is 14.3 Å². The smallest absolute Gasteiger partial charge is 0.338 e. The molecule has 11 heteroatoms. The van der Waals surface area contributed by atoms with Crippen LogP contribution in [0, 0.1) is 0 Å². The van der Waals surface area contributed by atoms with Crippen LogP contribution < -0.4 is 24.5 Å². The van der Waals surface area contributed by atoms with E-state index in [0.29, 0.717) is 43.6 Å². The van der Waals surface area contributed by atoms with Crippen LogP contribution in [0.1, 0.15) is 29.7 Å². The summed E-state index contributed by atoms with van der Waals surface area (Å²) in [5.74, 6) is -0.515. The van der Waals surface area contributed by atoms with Crippen LogP contribution in [0.2, 0.25) is 5.02 Å². The van der Waals surface area contributed by atoms with Crippen LogP contribution in [0.25, 0.3) is 11.3 Å². The van der Waals surface area contributed by atoms with Crippen molar-refractivity contribution in [3.05, 3.63) is 118 Å². The standard InChI is InChI=1S/C31H23BrClN3O5S/c1-4-41-30(39)24-25(16-8-6-5-7-9-16)34-31-36(26(24)20-15-18(33)11-13-22(20)40-3)29(38)27(42-31)23-19-14-17(32)10-12-21(19)35(2)28(23)37/h5-15,26H,4H2,1-3H3/b27-23+/t26-/m0/s1. The number of esters is 1. The number of amides is 1. The molecule has 0 fully saturated rings. The van der Waals surface area contributed by atoms with Gasteiger partial charge in [-0.15, -0.1) is 0 Å². The summed E-state index contributed by atoms with van der Waals surface area (Å²) in [6, 6.07) is 18.7. The third kappa shape index (κ3) is 4.50. The van der Waals surface area contributed by atoms with Crippen LogP contribution in [0.3, 0.4) is 0 Å². The van der Waals surface area contributed by atoms with E-state index in [1.807, 2.05) is 48.5 Å². The topological polar surface area (TPSA) is 90.2 Å². The fourth-order valence-corrected chi connectivity index (χ4v) is 6.95. The van der Waals surface area contributed by atoms with E-state index in [4.69, 9.17) is 26.1 Å². The van der Waals surface area contributed by atoms with Crippen LogP contribution in [0.15, 0.2) is 86.6 Å². The number of ether oxygens (including phenoxy) is 2. The predicted molar refractivity (Wildman–Crippen MR) is 166 cm³/mol. The molecule has 0 spiro atoms. The number of hydrogen-bond donors (Lipinski definition) is 0. The Kier molecular flexibility index (Phi) is 7.38. The Labute approximate surface area is 257 Å². The highest BCUT2D eigenvalue weighted by Crippen LogP contribution is 2.40. The van der Waals surface area contributed by atoms with Gasteiger partial charge in [0.2, 0.25) is 0 Å². The number of aromatic nitrogens is 1. The first-order chi connectivity index (χ1) is 20.2. The molecule has 0 saturated carbocycles. The van der Waals surface area contributed by atoms with E-state index >= 15 is 0 Å². The van der Waals surface area contributed by atoms with Gasteiger partial charge in [0.05, 0.1) is 36.2 Å². The second-order valence-electron chi connectivity index (χ2n) is 9.54. The van der Waals surface area contributed by atoms with Gasteiger partial charge in [-0.3, -0.25) is 14.2 Å². The molecule has 3 aromatic carbocycles. The van der Waals surface area contributed by atoms with Crippen molar-refractivity contribution in [2.24, 2.45) is 4.99 Å². The van der Waals surface area contributed by atoms with Crippen LogP contribution in [-0.4, -0.2) is 37.2 Å². The first-order valence-corrected chi connectivity index (χ1v) is 15.0. The molecule has 0 saturated heterocycles. The maximum absolute atomic E-state index is 14.4. The summed E-state index contributed by atoms with van der Waals surface area (Å²) in [5.41, 5.74) is 2.79. The molecule has 4 aromatic rings. The third-order valence-electron chi connectivity index (χ3n) is 7.17. The number of fused-ring (bicyclic) bond motifs is 2. The zero-order valence-electron chi connectivity index (χ0n) is 22.7. The number of benzene rings is 3. The average molecular weight is 665 g/mol. The fourth-order valence-electron chi connectivity index (χ4n) is 5.32. The lowest BCUT2D eigenvalue weighted by molar-refractivity contribution is -0.138. The molecule has 0 aliphatic carbocycles. The van der Waals surface area contributed by atoms with E-state index in [0.717, 1.165) is 15.8 Å². The van der Waals surface area contributed by atoms with Crippen molar-refractivity contribution in [1.82, 2.24) is 4.57 Å². The maximum Gasteiger partial charge on any atom is 0.338 e. The lowest BCUT2D eigenvalue weighted by Crippen LogP contribution is -2.41. The molecule has 1 amide bonds. The summed E-state index contributed by atoms with van der Waals surface area (Å²) in [6.07, 6.45) is 0. The SMILES string of the molecule is CCOC(=O)C1=C(c2ccccc2)N=c2s/c(=C3/C(=O)N(C)c4ccc(Br)cc43)c(=O)n2[C@H]1c1cc(Cl)ccc1OC. The molecular formula is C31H23BrClN3O5S. The van der Waals surface area contributed by atoms with E-state index in [9.17, 15) is 14.4 Å². The molecule has 0 radical (unpaired) electrons. The van der Waals surface area contributed by atoms with Crippen molar-refractivity contribution in [2.45, 2.75) is 13.0 Å². The van der Waals surface area contributed by atoms with Crippen molar-refractivity contribution >= 4 is 67.7 Å². The van der Waals surface area contributed by atoms with Crippen molar-refractivity contribution in [3.63, 3.8) is 0 Å². The highest BCUT2D eigenvalue weighted by molar-refractivity contribution is 9.10. The molecule has 212 valence electrons. The van der Waals surface area contributed by atoms with Gasteiger partial charge in [-0.05, 0) is 43.3 Å². The maximum atomic E-state index is 14.4. The molecule has 42 heavy (non-hydrogen) atoms. The molecule has 6 rings (SSSR count). The molecular weight excluding hydrogens is 642 g/mol. The number of anilines is 1. The molecule has 2 aliphatic heterocycles. The second kappa shape index (κ2) is 11.0. The molecule has 2 aliphatic rings. The van der Waals surface area contributed by atoms with Gasteiger partial charge in [-0.25, -0.2) is 9.79 Å². The number of methoxy groups -OCH3 is 1. The van der Waals surface area contributed by atoms with Crippen LogP contribution >= 0.6 is 38.9 Å². The van der Waals surface area contributed by atoms with Crippen molar-refractivity contribution in [3.8, 4) is 5.75 Å². The van der Waals surface area contributed by atoms with Crippen molar-refractivity contribution < 1.29 is 19.1 Å². The monoisotopic (exact) mass is 663 g/mol. The molecule has 0 bridgehead atoms. The molecule has 0 N–H and O–H groups in total. The number of hydrogen-bond acceptors (Lipinski definition) is 7. The highest BCUT2D eigenvalue weighted by atomic mass is 79.9. The second-order valence-corrected chi connectivity index (χ2v) is 11.9. The summed E-state index contributed by atoms with van der Waals surface area (Å²) < 4.78 is 13.6. The number of nitrogens with zero attached hydrogens (tertiary/aromatic N) is 3. The normalized spacial score (nSPS) is 17.1. The summed E-state index contributed by atoms with van der Waals surface area (Å²) in [6.45, 7) is 1.83. The van der Waals surface area contributed by atoms with Gasteiger partial charge >= 0.3 is 5.97 Å². The minimum Gasteiger partial charge on any atom is -0.496 e. The Balaban J connectivity index is 1.76. The van der Waals surface area contributed by atoms with E-state index in [1.165, 1.54) is 16.6 Å². The quantitative estimate of drug-likeness (QED) is 0.289. The molecule has 3 heterocycles. The van der Waals surface area contributed by atoms with Crippen LogP contribution in [0.5, 0.6) is 5.75 Å². The van der Waals surface area contributed by atoms with Gasteiger partial charge in [0.25, 0.3) is 11.5 Å². The first kappa shape index (κ1) is 28.1. The van der Waals surface area contributed by atoms with E-state index in [-0.39, 0.29) is 28.2 Å². The Bertz CT molecular complexity index is 2000. The largest absolute Gasteiger partial charge is 0.496 e. The zero-order valence-corrected chi connectivity index (χ0v) is 25.8. The van der Waals surface area contributed by atoms with Crippen molar-refractivity contribution in [2.75, 3.05) is 25.7 Å². The van der Waals surface area contributed by atoms with Gasteiger partial charge < -0.3 is 14.4 Å². The number of carbonyl (C=O) groups excluding carboxylic acids is 2. The van der Waals surface area contributed by atoms with Gasteiger partial charge in [0, 0.05) is 33.2 Å². The lowest BCUT2D eigenvalue weighted by Gasteiger charge is -2.27. The molecule has 8 nitrogen and oxygen atoms in total. The van der Waals surface area contributed by atoms with Gasteiger partial charge in [-0.2, -0.15) is 0 Å². The van der Waals surface area contributed by atoms with Gasteiger partial charge in [0.1, 0.15) is 16.3 Å². The number of carbonyl (C=O) groups is 2. The first-order valence-electron chi connectivity index (χ1n) is 13.0. The van der Waals surface area contributed by atoms with Crippen molar-refractivity contribution in [1.29, 1.82) is 0 Å². The lowest BCUT2D eigenvalue weighted by atomic mass is 9.92. The Hall–Kier alpha value is -3.99. The highest BCUT2D eigenvalue weighted by Gasteiger charge is 2.38. The minimum atomic E-state index is -1.00. The summed E-state index contributed by atoms with van der Waals surface area (Å²) in [4.78, 5) is 48.4.